The third kappa shape index (κ3) is 5.49. The molecule has 1 aliphatic carbocycles. The molecule has 0 bridgehead atoms. The van der Waals surface area contributed by atoms with Gasteiger partial charge in [0.15, 0.2) is 0 Å². The van der Waals surface area contributed by atoms with Gasteiger partial charge < -0.3 is 4.74 Å². The predicted molar refractivity (Wildman–Crippen MR) is 52.3 cm³/mol. The summed E-state index contributed by atoms with van der Waals surface area (Å²) >= 11 is 0. The average molecular weight is 227 g/mol. The quantitative estimate of drug-likeness (QED) is 0.511. The van der Waals surface area contributed by atoms with Crippen LogP contribution in [0.3, 0.4) is 0 Å². The van der Waals surface area contributed by atoms with Crippen molar-refractivity contribution in [3.8, 4) is 0 Å². The number of rotatable bonds is 6. The van der Waals surface area contributed by atoms with Gasteiger partial charge in [0.2, 0.25) is 9.05 Å². The van der Waals surface area contributed by atoms with Gasteiger partial charge in [0, 0.05) is 17.3 Å². The molecule has 0 aromatic carbocycles. The van der Waals surface area contributed by atoms with Crippen LogP contribution < -0.4 is 0 Å². The summed E-state index contributed by atoms with van der Waals surface area (Å²) in [7, 11) is 1.64. The van der Waals surface area contributed by atoms with Crippen molar-refractivity contribution in [3.05, 3.63) is 0 Å². The molecule has 13 heavy (non-hydrogen) atoms. The van der Waals surface area contributed by atoms with Crippen molar-refractivity contribution >= 4 is 19.7 Å². The molecule has 0 aromatic rings. The van der Waals surface area contributed by atoms with Gasteiger partial charge in [-0.3, -0.25) is 0 Å². The molecular weight excluding hydrogens is 212 g/mol. The molecular formula is C8H15ClO3S. The largest absolute Gasteiger partial charge is 0.380 e. The van der Waals surface area contributed by atoms with E-state index < -0.39 is 9.05 Å². The standard InChI is InChI=1S/C8H15ClO3S/c1-7(8-2-3-8)6-12-4-5-13(9,10)11/h7-8H,2-6H2,1H3. The number of halogens is 1. The Hall–Kier alpha value is 0.200. The molecule has 0 radical (unpaired) electrons. The van der Waals surface area contributed by atoms with Crippen LogP contribution >= 0.6 is 10.7 Å². The fraction of sp³-hybridized carbons (Fsp3) is 1.00. The second-order valence-electron chi connectivity index (χ2n) is 3.63. The first-order chi connectivity index (χ1) is 5.99. The first kappa shape index (κ1) is 11.3. The van der Waals surface area contributed by atoms with Gasteiger partial charge in [0.1, 0.15) is 0 Å². The lowest BCUT2D eigenvalue weighted by molar-refractivity contribution is 0.110. The summed E-state index contributed by atoms with van der Waals surface area (Å²) in [5.74, 6) is 1.26. The third-order valence-corrected chi connectivity index (χ3v) is 3.40. The number of hydrogen-bond donors (Lipinski definition) is 0. The Morgan fingerprint density at radius 2 is 2.15 bits per heavy atom. The van der Waals surface area contributed by atoms with Crippen molar-refractivity contribution in [2.45, 2.75) is 19.8 Å². The van der Waals surface area contributed by atoms with Crippen LogP contribution in [-0.4, -0.2) is 27.4 Å². The highest BCUT2D eigenvalue weighted by Crippen LogP contribution is 2.36. The van der Waals surface area contributed by atoms with Crippen LogP contribution in [0, 0.1) is 11.8 Å². The van der Waals surface area contributed by atoms with Crippen molar-refractivity contribution in [2.24, 2.45) is 11.8 Å². The van der Waals surface area contributed by atoms with E-state index in [9.17, 15) is 8.42 Å². The summed E-state index contributed by atoms with van der Waals surface area (Å²) in [6, 6.07) is 0. The van der Waals surface area contributed by atoms with Gasteiger partial charge >= 0.3 is 0 Å². The van der Waals surface area contributed by atoms with Gasteiger partial charge in [0.25, 0.3) is 0 Å². The Bertz CT molecular complexity index is 246. The number of ether oxygens (including phenoxy) is 1. The number of hydrogen-bond acceptors (Lipinski definition) is 3. The molecule has 78 valence electrons. The second-order valence-corrected chi connectivity index (χ2v) is 6.53. The van der Waals surface area contributed by atoms with E-state index in [-0.39, 0.29) is 12.4 Å². The van der Waals surface area contributed by atoms with E-state index >= 15 is 0 Å². The lowest BCUT2D eigenvalue weighted by Gasteiger charge is -2.09. The summed E-state index contributed by atoms with van der Waals surface area (Å²) < 4.78 is 26.2. The molecule has 1 rings (SSSR count). The van der Waals surface area contributed by atoms with Gasteiger partial charge in [-0.1, -0.05) is 6.92 Å². The molecule has 0 aliphatic heterocycles. The smallest absolute Gasteiger partial charge is 0.234 e. The Kier molecular flexibility index (Phi) is 4.01. The normalized spacial score (nSPS) is 20.2. The Morgan fingerprint density at radius 3 is 2.62 bits per heavy atom. The van der Waals surface area contributed by atoms with E-state index in [1.807, 2.05) is 0 Å². The Balaban J connectivity index is 2.00. The highest BCUT2D eigenvalue weighted by Gasteiger charge is 2.27. The maximum atomic E-state index is 10.5. The minimum atomic E-state index is -3.38. The monoisotopic (exact) mass is 226 g/mol. The van der Waals surface area contributed by atoms with Crippen LogP contribution in [0.25, 0.3) is 0 Å². The first-order valence-corrected chi connectivity index (χ1v) is 6.97. The lowest BCUT2D eigenvalue weighted by atomic mass is 10.1. The van der Waals surface area contributed by atoms with Gasteiger partial charge in [-0.25, -0.2) is 8.42 Å². The Labute approximate surface area is 83.8 Å². The molecule has 0 N–H and O–H groups in total. The fourth-order valence-corrected chi connectivity index (χ4v) is 1.73. The molecule has 0 amide bonds. The van der Waals surface area contributed by atoms with Crippen LogP contribution in [0.15, 0.2) is 0 Å². The van der Waals surface area contributed by atoms with Crippen molar-refractivity contribution < 1.29 is 13.2 Å². The second kappa shape index (κ2) is 4.62. The zero-order valence-corrected chi connectivity index (χ0v) is 9.27. The van der Waals surface area contributed by atoms with Gasteiger partial charge in [0.05, 0.1) is 12.4 Å². The van der Waals surface area contributed by atoms with Gasteiger partial charge in [-0.05, 0) is 24.7 Å². The minimum absolute atomic E-state index is 0.0913. The molecule has 1 atom stereocenters. The van der Waals surface area contributed by atoms with Gasteiger partial charge in [-0.2, -0.15) is 0 Å². The summed E-state index contributed by atoms with van der Waals surface area (Å²) in [6.45, 7) is 2.99. The highest BCUT2D eigenvalue weighted by atomic mass is 35.7. The summed E-state index contributed by atoms with van der Waals surface area (Å²) in [5, 5.41) is 0. The molecule has 0 saturated heterocycles. The van der Waals surface area contributed by atoms with Crippen molar-refractivity contribution in [3.63, 3.8) is 0 Å². The maximum absolute atomic E-state index is 10.5. The van der Waals surface area contributed by atoms with Crippen LogP contribution in [0.2, 0.25) is 0 Å². The van der Waals surface area contributed by atoms with Crippen molar-refractivity contribution in [1.29, 1.82) is 0 Å². The molecule has 0 aromatic heterocycles. The van der Waals surface area contributed by atoms with Crippen LogP contribution in [0.5, 0.6) is 0 Å². The zero-order valence-electron chi connectivity index (χ0n) is 7.70. The molecule has 0 heterocycles. The van der Waals surface area contributed by atoms with E-state index in [2.05, 4.69) is 6.92 Å². The van der Waals surface area contributed by atoms with Crippen molar-refractivity contribution in [1.82, 2.24) is 0 Å². The predicted octanol–water partition coefficient (Wildman–Crippen LogP) is 1.62. The maximum Gasteiger partial charge on any atom is 0.234 e. The Morgan fingerprint density at radius 1 is 1.54 bits per heavy atom. The van der Waals surface area contributed by atoms with Crippen LogP contribution in [0.1, 0.15) is 19.8 Å². The van der Waals surface area contributed by atoms with E-state index in [4.69, 9.17) is 15.4 Å². The first-order valence-electron chi connectivity index (χ1n) is 4.49. The van der Waals surface area contributed by atoms with E-state index in [0.29, 0.717) is 12.5 Å². The molecule has 1 saturated carbocycles. The summed E-state index contributed by atoms with van der Waals surface area (Å²) in [5.41, 5.74) is 0. The lowest BCUT2D eigenvalue weighted by Crippen LogP contribution is -2.12. The average Bonchev–Trinajstić information content (AvgIpc) is 2.77. The van der Waals surface area contributed by atoms with Crippen LogP contribution in [-0.2, 0) is 13.8 Å². The van der Waals surface area contributed by atoms with Crippen molar-refractivity contribution in [2.75, 3.05) is 19.0 Å². The SMILES string of the molecule is CC(COCCS(=O)(=O)Cl)C1CC1. The fourth-order valence-electron chi connectivity index (χ4n) is 1.23. The van der Waals surface area contributed by atoms with Crippen LogP contribution in [0.4, 0.5) is 0 Å². The van der Waals surface area contributed by atoms with E-state index in [1.54, 1.807) is 0 Å². The van der Waals surface area contributed by atoms with Gasteiger partial charge in [-0.15, -0.1) is 0 Å². The topological polar surface area (TPSA) is 43.4 Å². The molecule has 1 aliphatic rings. The molecule has 0 spiro atoms. The third-order valence-electron chi connectivity index (χ3n) is 2.28. The highest BCUT2D eigenvalue weighted by molar-refractivity contribution is 8.13. The molecule has 1 unspecified atom stereocenters. The zero-order chi connectivity index (χ0) is 9.90. The minimum Gasteiger partial charge on any atom is -0.380 e. The van der Waals surface area contributed by atoms with E-state index in [0.717, 1.165) is 5.92 Å². The summed E-state index contributed by atoms with van der Waals surface area (Å²) in [6.07, 6.45) is 2.58. The summed E-state index contributed by atoms with van der Waals surface area (Å²) in [4.78, 5) is 0. The van der Waals surface area contributed by atoms with E-state index in [1.165, 1.54) is 12.8 Å². The molecule has 5 heteroatoms. The molecule has 3 nitrogen and oxygen atoms in total. The molecule has 1 fully saturated rings.